The summed E-state index contributed by atoms with van der Waals surface area (Å²) in [6, 6.07) is 0. The third-order valence-electron chi connectivity index (χ3n) is 3.10. The van der Waals surface area contributed by atoms with Crippen molar-refractivity contribution in [1.82, 2.24) is 0 Å². The molecule has 15 heavy (non-hydrogen) atoms. The largest absolute Gasteiger partial charge is 0.490 e. The van der Waals surface area contributed by atoms with E-state index in [1.54, 1.807) is 0 Å². The van der Waals surface area contributed by atoms with Gasteiger partial charge < -0.3 is 9.31 Å². The summed E-state index contributed by atoms with van der Waals surface area (Å²) in [6.45, 7) is 16.1. The van der Waals surface area contributed by atoms with Crippen molar-refractivity contribution in [3.63, 3.8) is 0 Å². The van der Waals surface area contributed by atoms with E-state index in [2.05, 4.69) is 34.3 Å². The zero-order chi connectivity index (χ0) is 11.9. The summed E-state index contributed by atoms with van der Waals surface area (Å²) in [4.78, 5) is 0. The van der Waals surface area contributed by atoms with E-state index >= 15 is 0 Å². The van der Waals surface area contributed by atoms with Crippen molar-refractivity contribution in [1.29, 1.82) is 0 Å². The lowest BCUT2D eigenvalue weighted by Crippen LogP contribution is -2.41. The van der Waals surface area contributed by atoms with E-state index in [9.17, 15) is 0 Å². The highest BCUT2D eigenvalue weighted by molar-refractivity contribution is 6.54. The first-order chi connectivity index (χ1) is 6.66. The van der Waals surface area contributed by atoms with Gasteiger partial charge in [-0.1, -0.05) is 18.2 Å². The molecular formula is C12H21BO2. The lowest BCUT2D eigenvalue weighted by atomic mass is 9.78. The fraction of sp³-hybridized carbons (Fsp3) is 0.667. The zero-order valence-electron chi connectivity index (χ0n) is 10.7. The van der Waals surface area contributed by atoms with Gasteiger partial charge in [-0.25, -0.2) is 0 Å². The maximum Gasteiger partial charge on any atom is 0.490 e. The number of hydrogen-bond donors (Lipinski definition) is 0. The summed E-state index contributed by atoms with van der Waals surface area (Å²) < 4.78 is 11.8. The van der Waals surface area contributed by atoms with Crippen LogP contribution in [0.5, 0.6) is 0 Å². The van der Waals surface area contributed by atoms with E-state index in [1.807, 2.05) is 19.9 Å². The van der Waals surface area contributed by atoms with Gasteiger partial charge in [-0.3, -0.25) is 0 Å². The van der Waals surface area contributed by atoms with Crippen molar-refractivity contribution in [3.8, 4) is 0 Å². The molecule has 0 radical (unpaired) electrons. The molecule has 84 valence electrons. The molecule has 1 rings (SSSR count). The van der Waals surface area contributed by atoms with Gasteiger partial charge in [0.05, 0.1) is 11.2 Å². The first kappa shape index (κ1) is 12.5. The highest BCUT2D eigenvalue weighted by Crippen LogP contribution is 2.38. The molecule has 0 N–H and O–H groups in total. The summed E-state index contributed by atoms with van der Waals surface area (Å²) in [5, 5.41) is 0. The Morgan fingerprint density at radius 1 is 1.07 bits per heavy atom. The molecule has 0 bridgehead atoms. The van der Waals surface area contributed by atoms with Crippen molar-refractivity contribution in [2.24, 2.45) is 0 Å². The predicted molar refractivity (Wildman–Crippen MR) is 64.7 cm³/mol. The van der Waals surface area contributed by atoms with Gasteiger partial charge in [-0.2, -0.15) is 0 Å². The Hall–Kier alpha value is -0.535. The van der Waals surface area contributed by atoms with Gasteiger partial charge in [0.2, 0.25) is 0 Å². The van der Waals surface area contributed by atoms with E-state index in [4.69, 9.17) is 9.31 Å². The van der Waals surface area contributed by atoms with E-state index < -0.39 is 0 Å². The van der Waals surface area contributed by atoms with Gasteiger partial charge in [0.1, 0.15) is 0 Å². The van der Waals surface area contributed by atoms with Gasteiger partial charge in [-0.05, 0) is 47.0 Å². The van der Waals surface area contributed by atoms with Gasteiger partial charge in [0, 0.05) is 0 Å². The van der Waals surface area contributed by atoms with Crippen LogP contribution in [0.25, 0.3) is 0 Å². The standard InChI is InChI=1S/C12H21BO2/c1-9(2)8-10(3)13-14-11(4,5)12(6,7)15-13/h8H,1H2,2-7H3/b10-8+. The Bertz CT molecular complexity index is 287. The molecule has 0 atom stereocenters. The molecular weight excluding hydrogens is 187 g/mol. The zero-order valence-corrected chi connectivity index (χ0v) is 10.7. The summed E-state index contributed by atoms with van der Waals surface area (Å²) in [7, 11) is -0.244. The average Bonchev–Trinajstić information content (AvgIpc) is 2.20. The SMILES string of the molecule is C=C(C)/C=C(\C)B1OC(C)(C)C(C)(C)O1. The van der Waals surface area contributed by atoms with E-state index in [0.29, 0.717) is 0 Å². The highest BCUT2D eigenvalue weighted by Gasteiger charge is 2.51. The van der Waals surface area contributed by atoms with Crippen molar-refractivity contribution < 1.29 is 9.31 Å². The third-order valence-corrected chi connectivity index (χ3v) is 3.10. The second-order valence-electron chi connectivity index (χ2n) is 5.32. The summed E-state index contributed by atoms with van der Waals surface area (Å²) >= 11 is 0. The topological polar surface area (TPSA) is 18.5 Å². The molecule has 1 fully saturated rings. The van der Waals surface area contributed by atoms with Gasteiger partial charge in [0.25, 0.3) is 0 Å². The maximum absolute atomic E-state index is 5.90. The first-order valence-corrected chi connectivity index (χ1v) is 5.35. The van der Waals surface area contributed by atoms with Crippen molar-refractivity contribution in [3.05, 3.63) is 23.7 Å². The number of allylic oxidation sites excluding steroid dienone is 3. The first-order valence-electron chi connectivity index (χ1n) is 5.35. The van der Waals surface area contributed by atoms with Crippen LogP contribution in [0, 0.1) is 0 Å². The van der Waals surface area contributed by atoms with Crippen molar-refractivity contribution in [2.75, 3.05) is 0 Å². The minimum absolute atomic E-state index is 0.244. The summed E-state index contributed by atoms with van der Waals surface area (Å²) in [6.07, 6.45) is 2.00. The second kappa shape index (κ2) is 3.80. The van der Waals surface area contributed by atoms with E-state index in [0.717, 1.165) is 11.0 Å². The fourth-order valence-corrected chi connectivity index (χ4v) is 1.49. The summed E-state index contributed by atoms with van der Waals surface area (Å²) in [5.74, 6) is 0. The minimum atomic E-state index is -0.262. The van der Waals surface area contributed by atoms with Crippen LogP contribution in [0.15, 0.2) is 23.7 Å². The molecule has 0 amide bonds. The fourth-order valence-electron chi connectivity index (χ4n) is 1.49. The smallest absolute Gasteiger partial charge is 0.400 e. The monoisotopic (exact) mass is 208 g/mol. The molecule has 1 heterocycles. The molecule has 0 aromatic carbocycles. The molecule has 1 saturated heterocycles. The Morgan fingerprint density at radius 3 is 1.80 bits per heavy atom. The Kier molecular flexibility index (Phi) is 3.18. The lowest BCUT2D eigenvalue weighted by Gasteiger charge is -2.32. The van der Waals surface area contributed by atoms with Crippen LogP contribution in [0.4, 0.5) is 0 Å². The minimum Gasteiger partial charge on any atom is -0.400 e. The summed E-state index contributed by atoms with van der Waals surface area (Å²) in [5.41, 5.74) is 1.56. The molecule has 3 heteroatoms. The molecule has 0 aliphatic carbocycles. The molecule has 0 saturated carbocycles. The Balaban J connectivity index is 2.84. The van der Waals surface area contributed by atoms with Crippen LogP contribution in [0.2, 0.25) is 0 Å². The van der Waals surface area contributed by atoms with Gasteiger partial charge in [0.15, 0.2) is 0 Å². The van der Waals surface area contributed by atoms with E-state index in [-0.39, 0.29) is 18.3 Å². The number of hydrogen-bond acceptors (Lipinski definition) is 2. The molecule has 0 spiro atoms. The molecule has 1 aliphatic heterocycles. The second-order valence-corrected chi connectivity index (χ2v) is 5.32. The molecule has 0 unspecified atom stereocenters. The van der Waals surface area contributed by atoms with Crippen LogP contribution in [0.1, 0.15) is 41.5 Å². The van der Waals surface area contributed by atoms with Gasteiger partial charge in [-0.15, -0.1) is 0 Å². The molecule has 1 aliphatic rings. The molecule has 2 nitrogen and oxygen atoms in total. The average molecular weight is 208 g/mol. The van der Waals surface area contributed by atoms with Crippen LogP contribution in [-0.4, -0.2) is 18.3 Å². The molecule has 0 aromatic rings. The normalized spacial score (nSPS) is 24.4. The lowest BCUT2D eigenvalue weighted by molar-refractivity contribution is 0.00578. The van der Waals surface area contributed by atoms with Crippen molar-refractivity contribution >= 4 is 7.12 Å². The third kappa shape index (κ3) is 2.53. The van der Waals surface area contributed by atoms with Crippen LogP contribution in [0.3, 0.4) is 0 Å². The Labute approximate surface area is 93.5 Å². The quantitative estimate of drug-likeness (QED) is 0.512. The highest BCUT2D eigenvalue weighted by atomic mass is 16.7. The molecule has 0 aromatic heterocycles. The van der Waals surface area contributed by atoms with Crippen LogP contribution in [-0.2, 0) is 9.31 Å². The predicted octanol–water partition coefficient (Wildman–Crippen LogP) is 3.14. The van der Waals surface area contributed by atoms with Crippen molar-refractivity contribution in [2.45, 2.75) is 52.7 Å². The van der Waals surface area contributed by atoms with Gasteiger partial charge >= 0.3 is 7.12 Å². The maximum atomic E-state index is 5.90. The van der Waals surface area contributed by atoms with E-state index in [1.165, 1.54) is 0 Å². The van der Waals surface area contributed by atoms with Crippen LogP contribution < -0.4 is 0 Å². The Morgan fingerprint density at radius 2 is 1.47 bits per heavy atom. The van der Waals surface area contributed by atoms with Crippen LogP contribution >= 0.6 is 0 Å². The number of rotatable bonds is 2.